The van der Waals surface area contributed by atoms with E-state index in [9.17, 15) is 14.4 Å². The van der Waals surface area contributed by atoms with Gasteiger partial charge >= 0.3 is 18.2 Å². The van der Waals surface area contributed by atoms with Crippen LogP contribution in [0.25, 0.3) is 0 Å². The maximum Gasteiger partial charge on any atom is 0.437 e. The van der Waals surface area contributed by atoms with Crippen LogP contribution in [0.5, 0.6) is 0 Å². The van der Waals surface area contributed by atoms with E-state index in [0.717, 1.165) is 0 Å². The van der Waals surface area contributed by atoms with Crippen LogP contribution in [-0.2, 0) is 19.1 Å². The molecule has 0 atom stereocenters. The van der Waals surface area contributed by atoms with Crippen LogP contribution >= 0.6 is 0 Å². The van der Waals surface area contributed by atoms with Gasteiger partial charge in [-0.1, -0.05) is 0 Å². The lowest BCUT2D eigenvalue weighted by atomic mass is 10.2. The molecule has 0 aliphatic heterocycles. The molecule has 0 radical (unpaired) electrons. The number of carboxylic acids is 1. The lowest BCUT2D eigenvalue weighted by Gasteiger charge is -2.20. The van der Waals surface area contributed by atoms with Crippen LogP contribution in [-0.4, -0.2) is 47.0 Å². The molecule has 0 fully saturated rings. The number of ether oxygens (including phenoxy) is 2. The van der Waals surface area contributed by atoms with Gasteiger partial charge in [0.15, 0.2) is 0 Å². The van der Waals surface area contributed by atoms with Crippen molar-refractivity contribution >= 4 is 24.1 Å². The maximum absolute atomic E-state index is 11.7. The zero-order valence-electron chi connectivity index (χ0n) is 14.8. The minimum absolute atomic E-state index is 0.210. The van der Waals surface area contributed by atoms with Crippen LogP contribution < -0.4 is 10.8 Å². The van der Waals surface area contributed by atoms with E-state index in [-0.39, 0.29) is 19.0 Å². The number of carbonyl (C=O) groups excluding carboxylic acids is 2. The summed E-state index contributed by atoms with van der Waals surface area (Å²) in [5.74, 6) is -1.45. The lowest BCUT2D eigenvalue weighted by Crippen LogP contribution is -2.44. The van der Waals surface area contributed by atoms with Gasteiger partial charge in [0.25, 0.3) is 0 Å². The molecule has 0 saturated heterocycles. The highest BCUT2D eigenvalue weighted by Crippen LogP contribution is 2.08. The summed E-state index contributed by atoms with van der Waals surface area (Å²) in [6, 6.07) is 0. The van der Waals surface area contributed by atoms with Crippen molar-refractivity contribution in [3.8, 4) is 0 Å². The number of hydrogen-bond acceptors (Lipinski definition) is 6. The van der Waals surface area contributed by atoms with Gasteiger partial charge in [0, 0.05) is 0 Å². The summed E-state index contributed by atoms with van der Waals surface area (Å²) in [6.07, 6.45) is -2.12. The van der Waals surface area contributed by atoms with Crippen LogP contribution in [0.2, 0.25) is 0 Å². The van der Waals surface area contributed by atoms with E-state index in [1.165, 1.54) is 0 Å². The Morgan fingerprint density at radius 2 is 1.54 bits per heavy atom. The largest absolute Gasteiger partial charge is 0.481 e. The number of hydrogen-bond donors (Lipinski definition) is 3. The average Bonchev–Trinajstić information content (AvgIpc) is 2.28. The van der Waals surface area contributed by atoms with Gasteiger partial charge in [0.05, 0.1) is 13.0 Å². The molecule has 0 saturated carbocycles. The smallest absolute Gasteiger partial charge is 0.437 e. The Bertz CT molecular complexity index is 490. The fourth-order valence-corrected chi connectivity index (χ4v) is 1.11. The molecule has 0 spiro atoms. The normalized spacial score (nSPS) is 12.3. The first-order valence-corrected chi connectivity index (χ1v) is 7.20. The third kappa shape index (κ3) is 13.3. The molecule has 24 heavy (non-hydrogen) atoms. The summed E-state index contributed by atoms with van der Waals surface area (Å²) in [4.78, 5) is 42.2. The zero-order valence-corrected chi connectivity index (χ0v) is 14.8. The van der Waals surface area contributed by atoms with Gasteiger partial charge in [-0.05, 0) is 41.5 Å². The Labute approximate surface area is 140 Å². The first-order valence-electron chi connectivity index (χ1n) is 7.20. The van der Waals surface area contributed by atoms with Crippen molar-refractivity contribution in [3.63, 3.8) is 0 Å². The second kappa shape index (κ2) is 9.06. The number of carbonyl (C=O) groups is 3. The van der Waals surface area contributed by atoms with Crippen LogP contribution in [0.1, 0.15) is 48.0 Å². The molecule has 0 bridgehead atoms. The molecular weight excluding hydrogens is 322 g/mol. The Morgan fingerprint density at radius 3 is 2.00 bits per heavy atom. The van der Waals surface area contributed by atoms with E-state index in [1.54, 1.807) is 41.5 Å². The summed E-state index contributed by atoms with van der Waals surface area (Å²) in [6.45, 7) is 9.73. The molecule has 10 heteroatoms. The fraction of sp³-hybridized carbons (Fsp3) is 0.714. The van der Waals surface area contributed by atoms with Gasteiger partial charge < -0.3 is 14.6 Å². The third-order valence-electron chi connectivity index (χ3n) is 1.80. The predicted octanol–water partition coefficient (Wildman–Crippen LogP) is 1.80. The number of nitrogens with one attached hydrogen (secondary N) is 2. The standard InChI is InChI=1S/C14H25N3O7/c1-13(2,3)23-11(20)15-10(17-22-8-7-9(18)19)16-12(21)24-14(4,5)6/h7-8H2,1-6H3,(H,18,19)(H2,15,16,17,20,21). The van der Waals surface area contributed by atoms with Crippen molar-refractivity contribution in [1.29, 1.82) is 0 Å². The number of guanidine groups is 1. The molecular formula is C14H25N3O7. The van der Waals surface area contributed by atoms with Gasteiger partial charge in [-0.15, -0.1) is 4.99 Å². The summed E-state index contributed by atoms with van der Waals surface area (Å²) in [5.41, 5.74) is 0.648. The monoisotopic (exact) mass is 347 g/mol. The van der Waals surface area contributed by atoms with Crippen LogP contribution in [0.15, 0.2) is 4.99 Å². The number of rotatable bonds is 4. The highest BCUT2D eigenvalue weighted by Gasteiger charge is 2.20. The molecule has 10 nitrogen and oxygen atoms in total. The molecule has 3 N–H and O–H groups in total. The number of amides is 2. The van der Waals surface area contributed by atoms with E-state index in [4.69, 9.17) is 19.4 Å². The molecule has 0 rings (SSSR count). The van der Waals surface area contributed by atoms with Crippen molar-refractivity contribution in [3.05, 3.63) is 0 Å². The second-order valence-corrected chi connectivity index (χ2v) is 6.66. The zero-order chi connectivity index (χ0) is 19.0. The quantitative estimate of drug-likeness (QED) is 0.303. The molecule has 0 aromatic rings. The van der Waals surface area contributed by atoms with Gasteiger partial charge in [-0.2, -0.15) is 0 Å². The van der Waals surface area contributed by atoms with Crippen molar-refractivity contribution in [2.75, 3.05) is 6.61 Å². The first-order chi connectivity index (χ1) is 10.8. The molecule has 0 aromatic heterocycles. The Hall–Kier alpha value is -2.36. The molecule has 0 unspecified atom stereocenters. The minimum Gasteiger partial charge on any atom is -0.481 e. The topological polar surface area (TPSA) is 136 Å². The van der Waals surface area contributed by atoms with Crippen molar-refractivity contribution < 1.29 is 33.8 Å². The lowest BCUT2D eigenvalue weighted by molar-refractivity contribution is -0.138. The Kier molecular flexibility index (Phi) is 8.17. The van der Waals surface area contributed by atoms with E-state index in [2.05, 4.69) is 15.8 Å². The number of nitrogens with zero attached hydrogens (tertiary/aromatic N) is 1. The summed E-state index contributed by atoms with van der Waals surface area (Å²) < 4.78 is 10.0. The maximum atomic E-state index is 11.7. The van der Waals surface area contributed by atoms with Gasteiger partial charge in [-0.3, -0.25) is 14.9 Å². The van der Waals surface area contributed by atoms with Gasteiger partial charge in [0.2, 0.25) is 5.96 Å². The number of aliphatic imine (C=N–C) groups is 1. The van der Waals surface area contributed by atoms with Crippen LogP contribution in [0, 0.1) is 0 Å². The molecule has 0 heterocycles. The van der Waals surface area contributed by atoms with E-state index < -0.39 is 29.4 Å². The van der Waals surface area contributed by atoms with Crippen molar-refractivity contribution in [2.45, 2.75) is 59.2 Å². The minimum atomic E-state index is -1.07. The van der Waals surface area contributed by atoms with E-state index in [1.807, 2.05) is 0 Å². The van der Waals surface area contributed by atoms with Gasteiger partial charge in [0.1, 0.15) is 11.2 Å². The number of hydroxylamine groups is 1. The highest BCUT2D eigenvalue weighted by molar-refractivity contribution is 5.98. The molecule has 0 aliphatic carbocycles. The Morgan fingerprint density at radius 1 is 1.00 bits per heavy atom. The van der Waals surface area contributed by atoms with Crippen LogP contribution in [0.4, 0.5) is 9.59 Å². The molecule has 138 valence electrons. The fourth-order valence-electron chi connectivity index (χ4n) is 1.11. The Balaban J connectivity index is 4.84. The van der Waals surface area contributed by atoms with Crippen molar-refractivity contribution in [1.82, 2.24) is 10.8 Å². The van der Waals surface area contributed by atoms with E-state index in [0.29, 0.717) is 0 Å². The summed E-state index contributed by atoms with van der Waals surface area (Å²) >= 11 is 0. The third-order valence-corrected chi connectivity index (χ3v) is 1.80. The SMILES string of the molecule is CC(C)(C)OC(=O)/N=C(/NOCCC(=O)O)NC(=O)OC(C)(C)C. The van der Waals surface area contributed by atoms with Gasteiger partial charge in [-0.25, -0.2) is 15.1 Å². The summed E-state index contributed by atoms with van der Waals surface area (Å²) in [7, 11) is 0. The predicted molar refractivity (Wildman–Crippen MR) is 84.4 cm³/mol. The van der Waals surface area contributed by atoms with Crippen LogP contribution in [0.3, 0.4) is 0 Å². The summed E-state index contributed by atoms with van der Waals surface area (Å²) in [5, 5.41) is 10.7. The van der Waals surface area contributed by atoms with Crippen molar-refractivity contribution in [2.24, 2.45) is 4.99 Å². The number of carboxylic acid groups (broad SMARTS) is 1. The molecule has 0 aliphatic rings. The molecule has 0 aromatic carbocycles. The highest BCUT2D eigenvalue weighted by atomic mass is 16.6. The first kappa shape index (κ1) is 21.6. The molecule has 2 amide bonds. The number of alkyl carbamates (subject to hydrolysis) is 1. The number of aliphatic carboxylic acids is 1. The van der Waals surface area contributed by atoms with E-state index >= 15 is 0 Å². The second-order valence-electron chi connectivity index (χ2n) is 6.66. The average molecular weight is 347 g/mol.